The molecule has 0 aromatic rings. The highest BCUT2D eigenvalue weighted by molar-refractivity contribution is 7.99. The van der Waals surface area contributed by atoms with E-state index in [1.807, 2.05) is 6.92 Å². The number of aliphatic hydroxyl groups is 1. The quantitative estimate of drug-likeness (QED) is 0.654. The Bertz CT molecular complexity index is 173. The Hall–Kier alpha value is -0.220. The highest BCUT2D eigenvalue weighted by Gasteiger charge is 2.34. The molecular weight excluding hydrogens is 176 g/mol. The van der Waals surface area contributed by atoms with Crippen LogP contribution in [0.5, 0.6) is 0 Å². The number of hydrogen-bond donors (Lipinski definition) is 1. The average molecular weight is 190 g/mol. The molecule has 1 heterocycles. The average Bonchev–Trinajstić information content (AvgIpc) is 2.35. The van der Waals surface area contributed by atoms with E-state index in [-0.39, 0.29) is 5.60 Å². The van der Waals surface area contributed by atoms with Gasteiger partial charge in [0.15, 0.2) is 0 Å². The lowest BCUT2D eigenvalue weighted by molar-refractivity contribution is -0.164. The first-order valence-electron chi connectivity index (χ1n) is 4.02. The van der Waals surface area contributed by atoms with Crippen LogP contribution in [-0.2, 0) is 9.53 Å². The van der Waals surface area contributed by atoms with Crippen LogP contribution >= 0.6 is 11.8 Å². The standard InChI is InChI=1S/C8H14O3S/c1-6(9)7(10)11-8(2)3-4-12-5-8/h6,9H,3-5H2,1-2H3. The molecule has 70 valence electrons. The normalized spacial score (nSPS) is 31.6. The second-order valence-electron chi connectivity index (χ2n) is 3.35. The summed E-state index contributed by atoms with van der Waals surface area (Å²) in [4.78, 5) is 11.0. The molecule has 0 aromatic heterocycles. The largest absolute Gasteiger partial charge is 0.457 e. The summed E-state index contributed by atoms with van der Waals surface area (Å²) in [6, 6.07) is 0. The number of aliphatic hydroxyl groups excluding tert-OH is 1. The Morgan fingerprint density at radius 1 is 1.75 bits per heavy atom. The van der Waals surface area contributed by atoms with Crippen molar-refractivity contribution in [3.05, 3.63) is 0 Å². The number of esters is 1. The second-order valence-corrected chi connectivity index (χ2v) is 4.45. The molecule has 0 bridgehead atoms. The Balaban J connectivity index is 2.44. The Labute approximate surface area is 76.5 Å². The van der Waals surface area contributed by atoms with Crippen molar-refractivity contribution in [2.75, 3.05) is 11.5 Å². The molecule has 1 aliphatic rings. The van der Waals surface area contributed by atoms with E-state index >= 15 is 0 Å². The topological polar surface area (TPSA) is 46.5 Å². The Kier molecular flexibility index (Phi) is 3.01. The van der Waals surface area contributed by atoms with E-state index in [1.54, 1.807) is 11.8 Å². The van der Waals surface area contributed by atoms with E-state index in [1.165, 1.54) is 6.92 Å². The van der Waals surface area contributed by atoms with Crippen molar-refractivity contribution in [2.24, 2.45) is 0 Å². The smallest absolute Gasteiger partial charge is 0.335 e. The maximum absolute atomic E-state index is 11.0. The minimum Gasteiger partial charge on any atom is -0.457 e. The molecule has 3 nitrogen and oxygen atoms in total. The summed E-state index contributed by atoms with van der Waals surface area (Å²) in [5.74, 6) is 1.36. The molecule has 1 fully saturated rings. The molecule has 1 N–H and O–H groups in total. The van der Waals surface area contributed by atoms with Gasteiger partial charge in [-0.2, -0.15) is 11.8 Å². The second kappa shape index (κ2) is 3.66. The van der Waals surface area contributed by atoms with Crippen molar-refractivity contribution in [3.8, 4) is 0 Å². The predicted octanol–water partition coefficient (Wildman–Crippen LogP) is 0.806. The number of carbonyl (C=O) groups excluding carboxylic acids is 1. The third-order valence-corrected chi connectivity index (χ3v) is 3.18. The van der Waals surface area contributed by atoms with Crippen LogP contribution in [0.1, 0.15) is 20.3 Å². The summed E-state index contributed by atoms with van der Waals surface area (Å²) in [5, 5.41) is 8.91. The molecule has 0 spiro atoms. The number of carbonyl (C=O) groups is 1. The molecular formula is C8H14O3S. The van der Waals surface area contributed by atoms with Gasteiger partial charge >= 0.3 is 5.97 Å². The van der Waals surface area contributed by atoms with E-state index in [9.17, 15) is 4.79 Å². The van der Waals surface area contributed by atoms with Crippen molar-refractivity contribution < 1.29 is 14.6 Å². The number of hydrogen-bond acceptors (Lipinski definition) is 4. The van der Waals surface area contributed by atoms with Gasteiger partial charge in [-0.1, -0.05) is 0 Å². The fraction of sp³-hybridized carbons (Fsp3) is 0.875. The highest BCUT2D eigenvalue weighted by Crippen LogP contribution is 2.30. The van der Waals surface area contributed by atoms with Crippen LogP contribution in [0.25, 0.3) is 0 Å². The lowest BCUT2D eigenvalue weighted by Gasteiger charge is -2.23. The molecule has 1 rings (SSSR count). The van der Waals surface area contributed by atoms with Crippen molar-refractivity contribution >= 4 is 17.7 Å². The van der Waals surface area contributed by atoms with E-state index in [0.717, 1.165) is 17.9 Å². The predicted molar refractivity (Wildman–Crippen MR) is 48.1 cm³/mol. The van der Waals surface area contributed by atoms with Gasteiger partial charge in [-0.3, -0.25) is 0 Å². The first-order chi connectivity index (χ1) is 5.53. The van der Waals surface area contributed by atoms with Crippen molar-refractivity contribution in [1.29, 1.82) is 0 Å². The van der Waals surface area contributed by atoms with Crippen LogP contribution in [0.15, 0.2) is 0 Å². The number of rotatable bonds is 2. The van der Waals surface area contributed by atoms with Crippen molar-refractivity contribution in [3.63, 3.8) is 0 Å². The van der Waals surface area contributed by atoms with Gasteiger partial charge in [0.2, 0.25) is 0 Å². The van der Waals surface area contributed by atoms with Crippen LogP contribution in [0.4, 0.5) is 0 Å². The lowest BCUT2D eigenvalue weighted by atomic mass is 10.1. The van der Waals surface area contributed by atoms with Gasteiger partial charge in [-0.05, 0) is 26.0 Å². The van der Waals surface area contributed by atoms with Gasteiger partial charge in [0.05, 0.1) is 0 Å². The summed E-state index contributed by atoms with van der Waals surface area (Å²) in [6.07, 6.45) is -0.122. The summed E-state index contributed by atoms with van der Waals surface area (Å²) < 4.78 is 5.15. The maximum Gasteiger partial charge on any atom is 0.335 e. The van der Waals surface area contributed by atoms with Gasteiger partial charge in [0, 0.05) is 5.75 Å². The monoisotopic (exact) mass is 190 g/mol. The first kappa shape index (κ1) is 9.86. The summed E-state index contributed by atoms with van der Waals surface area (Å²) >= 11 is 1.78. The van der Waals surface area contributed by atoms with E-state index in [4.69, 9.17) is 9.84 Å². The van der Waals surface area contributed by atoms with Crippen LogP contribution in [-0.4, -0.2) is 34.3 Å². The van der Waals surface area contributed by atoms with E-state index < -0.39 is 12.1 Å². The first-order valence-corrected chi connectivity index (χ1v) is 5.18. The fourth-order valence-corrected chi connectivity index (χ4v) is 2.41. The molecule has 2 atom stereocenters. The van der Waals surface area contributed by atoms with E-state index in [0.29, 0.717) is 0 Å². The van der Waals surface area contributed by atoms with Crippen molar-refractivity contribution in [1.82, 2.24) is 0 Å². The van der Waals surface area contributed by atoms with Gasteiger partial charge in [-0.15, -0.1) is 0 Å². The van der Waals surface area contributed by atoms with Gasteiger partial charge in [0.1, 0.15) is 11.7 Å². The molecule has 0 saturated carbocycles. The minimum absolute atomic E-state index is 0.348. The van der Waals surface area contributed by atoms with E-state index in [2.05, 4.69) is 0 Å². The summed E-state index contributed by atoms with van der Waals surface area (Å²) in [5.41, 5.74) is -0.348. The number of ether oxygens (including phenoxy) is 1. The Morgan fingerprint density at radius 2 is 2.42 bits per heavy atom. The molecule has 0 aromatic carbocycles. The molecule has 0 aliphatic carbocycles. The van der Waals surface area contributed by atoms with Gasteiger partial charge < -0.3 is 9.84 Å². The van der Waals surface area contributed by atoms with Gasteiger partial charge in [-0.25, -0.2) is 4.79 Å². The van der Waals surface area contributed by atoms with Crippen LogP contribution in [0.3, 0.4) is 0 Å². The van der Waals surface area contributed by atoms with Crippen molar-refractivity contribution in [2.45, 2.75) is 32.0 Å². The molecule has 1 aliphatic heterocycles. The molecule has 0 amide bonds. The SMILES string of the molecule is CC(O)C(=O)OC1(C)CCSC1. The lowest BCUT2D eigenvalue weighted by Crippen LogP contribution is -2.35. The zero-order chi connectivity index (χ0) is 9.19. The molecule has 4 heteroatoms. The number of thioether (sulfide) groups is 1. The van der Waals surface area contributed by atoms with Crippen LogP contribution in [0, 0.1) is 0 Å². The molecule has 12 heavy (non-hydrogen) atoms. The summed E-state index contributed by atoms with van der Waals surface area (Å²) in [7, 11) is 0. The van der Waals surface area contributed by atoms with Gasteiger partial charge in [0.25, 0.3) is 0 Å². The zero-order valence-electron chi connectivity index (χ0n) is 7.37. The molecule has 1 saturated heterocycles. The Morgan fingerprint density at radius 3 is 2.83 bits per heavy atom. The van der Waals surface area contributed by atoms with Crippen LogP contribution < -0.4 is 0 Å². The molecule has 0 radical (unpaired) electrons. The van der Waals surface area contributed by atoms with Crippen LogP contribution in [0.2, 0.25) is 0 Å². The zero-order valence-corrected chi connectivity index (χ0v) is 8.19. The maximum atomic E-state index is 11.0. The fourth-order valence-electron chi connectivity index (χ4n) is 1.06. The third kappa shape index (κ3) is 2.38. The highest BCUT2D eigenvalue weighted by atomic mass is 32.2. The molecule has 2 unspecified atom stereocenters. The minimum atomic E-state index is -1.01. The third-order valence-electron chi connectivity index (χ3n) is 1.87. The summed E-state index contributed by atoms with van der Waals surface area (Å²) in [6.45, 7) is 3.33.